The number of hydrogen-bond donors (Lipinski definition) is 0. The molecule has 0 unspecified atom stereocenters. The molecule has 4 heteroatoms. The van der Waals surface area contributed by atoms with E-state index in [0.717, 1.165) is 64.2 Å². The van der Waals surface area contributed by atoms with E-state index in [1.807, 2.05) is 4.90 Å². The van der Waals surface area contributed by atoms with Gasteiger partial charge in [-0.2, -0.15) is 0 Å². The number of aryl methyl sites for hydroxylation is 2. The summed E-state index contributed by atoms with van der Waals surface area (Å²) in [5.41, 5.74) is 6.59. The fraction of sp³-hybridized carbons (Fsp3) is 0.536. The molecule has 0 bridgehead atoms. The molecule has 0 spiro atoms. The number of unbranched alkanes of at least 4 members (excludes halogenated alkanes) is 1. The minimum atomic E-state index is 0.169. The van der Waals surface area contributed by atoms with E-state index in [1.165, 1.54) is 35.2 Å². The lowest BCUT2D eigenvalue weighted by molar-refractivity contribution is -0.116. The van der Waals surface area contributed by atoms with Crippen LogP contribution in [0.5, 0.6) is 0 Å². The molecule has 0 atom stereocenters. The Hall–Kier alpha value is -2.33. The molecule has 4 rings (SSSR count). The lowest BCUT2D eigenvalue weighted by Crippen LogP contribution is -2.46. The number of amides is 1. The molecule has 1 heterocycles. The number of anilines is 2. The van der Waals surface area contributed by atoms with Gasteiger partial charge in [0.15, 0.2) is 0 Å². The number of carbonyl (C=O) groups is 1. The first-order chi connectivity index (χ1) is 15.5. The summed E-state index contributed by atoms with van der Waals surface area (Å²) in [5.74, 6) is 0.825. The third-order valence-electron chi connectivity index (χ3n) is 7.07. The molecule has 1 saturated heterocycles. The Morgan fingerprint density at radius 3 is 2.34 bits per heavy atom. The maximum absolute atomic E-state index is 12.5. The van der Waals surface area contributed by atoms with E-state index in [0.29, 0.717) is 5.92 Å². The van der Waals surface area contributed by atoms with Crippen LogP contribution in [0.1, 0.15) is 62.1 Å². The van der Waals surface area contributed by atoms with Crippen LogP contribution in [-0.4, -0.2) is 50.1 Å². The van der Waals surface area contributed by atoms with Gasteiger partial charge >= 0.3 is 0 Å². The maximum Gasteiger partial charge on any atom is 0.223 e. The third-order valence-corrected chi connectivity index (χ3v) is 7.07. The van der Waals surface area contributed by atoms with Gasteiger partial charge in [-0.05, 0) is 80.8 Å². The molecule has 1 amide bonds. The van der Waals surface area contributed by atoms with Crippen molar-refractivity contribution in [2.45, 2.75) is 58.8 Å². The van der Waals surface area contributed by atoms with Gasteiger partial charge in [0.05, 0.1) is 0 Å². The summed E-state index contributed by atoms with van der Waals surface area (Å²) in [6, 6.07) is 15.6. The topological polar surface area (TPSA) is 26.8 Å². The van der Waals surface area contributed by atoms with Crippen molar-refractivity contribution < 1.29 is 4.79 Å². The molecule has 0 radical (unpaired) electrons. The molecular weight excluding hydrogens is 394 g/mol. The lowest BCUT2D eigenvalue weighted by atomic mass is 10.0. The molecule has 0 N–H and O–H groups in total. The van der Waals surface area contributed by atoms with Crippen molar-refractivity contribution >= 4 is 17.3 Å². The zero-order chi connectivity index (χ0) is 22.5. The van der Waals surface area contributed by atoms with Crippen LogP contribution < -0.4 is 9.80 Å². The fourth-order valence-corrected chi connectivity index (χ4v) is 4.83. The summed E-state index contributed by atoms with van der Waals surface area (Å²) in [4.78, 5) is 19.6. The molecule has 2 aromatic carbocycles. The van der Waals surface area contributed by atoms with Crippen LogP contribution in [0.25, 0.3) is 0 Å². The van der Waals surface area contributed by atoms with E-state index in [4.69, 9.17) is 0 Å². The molecule has 1 aliphatic carbocycles. The molecule has 2 fully saturated rings. The van der Waals surface area contributed by atoms with Gasteiger partial charge in [-0.3, -0.25) is 9.69 Å². The standard InChI is InChI=1S/C28H39N3O/c1-4-24-9-14-28(27(21-24)25-10-11-25)31(23(3)32)16-6-5-15-29-17-19-30(20-18-29)26-12-7-22(2)8-13-26/h7-9,12-14,21,25H,4-6,10-11,15-20H2,1-3H3. The average Bonchev–Trinajstić information content (AvgIpc) is 3.65. The molecular formula is C28H39N3O. The van der Waals surface area contributed by atoms with Gasteiger partial charge in [-0.1, -0.05) is 36.8 Å². The Morgan fingerprint density at radius 2 is 1.72 bits per heavy atom. The fourth-order valence-electron chi connectivity index (χ4n) is 4.83. The normalized spacial score (nSPS) is 16.9. The second-order valence-corrected chi connectivity index (χ2v) is 9.56. The highest BCUT2D eigenvalue weighted by atomic mass is 16.2. The number of carbonyl (C=O) groups excluding carboxylic acids is 1. The van der Waals surface area contributed by atoms with Gasteiger partial charge < -0.3 is 9.80 Å². The van der Waals surface area contributed by atoms with Crippen LogP contribution in [0, 0.1) is 6.92 Å². The maximum atomic E-state index is 12.5. The number of benzene rings is 2. The first-order valence-electron chi connectivity index (χ1n) is 12.5. The van der Waals surface area contributed by atoms with Crippen molar-refractivity contribution in [3.63, 3.8) is 0 Å². The zero-order valence-corrected chi connectivity index (χ0v) is 20.1. The highest BCUT2D eigenvalue weighted by molar-refractivity contribution is 5.92. The Bertz CT molecular complexity index is 895. The monoisotopic (exact) mass is 433 g/mol. The van der Waals surface area contributed by atoms with Crippen molar-refractivity contribution in [3.05, 3.63) is 59.2 Å². The van der Waals surface area contributed by atoms with Crippen LogP contribution in [0.3, 0.4) is 0 Å². The van der Waals surface area contributed by atoms with Crippen LogP contribution in [-0.2, 0) is 11.2 Å². The molecule has 2 aromatic rings. The van der Waals surface area contributed by atoms with Crippen LogP contribution in [0.15, 0.2) is 42.5 Å². The SMILES string of the molecule is CCc1ccc(N(CCCCN2CCN(c3ccc(C)cc3)CC2)C(C)=O)c(C2CC2)c1. The molecule has 4 nitrogen and oxygen atoms in total. The Morgan fingerprint density at radius 1 is 1.00 bits per heavy atom. The average molecular weight is 434 g/mol. The number of hydrogen-bond acceptors (Lipinski definition) is 3. The van der Waals surface area contributed by atoms with Crippen molar-refractivity contribution in [1.82, 2.24) is 4.90 Å². The largest absolute Gasteiger partial charge is 0.369 e. The van der Waals surface area contributed by atoms with E-state index in [-0.39, 0.29) is 5.91 Å². The van der Waals surface area contributed by atoms with E-state index >= 15 is 0 Å². The number of nitrogens with zero attached hydrogens (tertiary/aromatic N) is 3. The highest BCUT2D eigenvalue weighted by Gasteiger charge is 2.29. The number of piperazine rings is 1. The van der Waals surface area contributed by atoms with Crippen molar-refractivity contribution in [3.8, 4) is 0 Å². The summed E-state index contributed by atoms with van der Waals surface area (Å²) in [5, 5.41) is 0. The van der Waals surface area contributed by atoms with Crippen LogP contribution >= 0.6 is 0 Å². The summed E-state index contributed by atoms with van der Waals surface area (Å²) >= 11 is 0. The molecule has 32 heavy (non-hydrogen) atoms. The van der Waals surface area contributed by atoms with Crippen molar-refractivity contribution in [2.24, 2.45) is 0 Å². The van der Waals surface area contributed by atoms with Crippen LogP contribution in [0.2, 0.25) is 0 Å². The lowest BCUT2D eigenvalue weighted by Gasteiger charge is -2.36. The predicted molar refractivity (Wildman–Crippen MR) is 135 cm³/mol. The molecule has 2 aliphatic rings. The Balaban J connectivity index is 1.26. The van der Waals surface area contributed by atoms with Gasteiger partial charge in [-0.15, -0.1) is 0 Å². The molecule has 1 aliphatic heterocycles. The molecule has 172 valence electrons. The first kappa shape index (κ1) is 22.8. The van der Waals surface area contributed by atoms with Crippen molar-refractivity contribution in [1.29, 1.82) is 0 Å². The first-order valence-corrected chi connectivity index (χ1v) is 12.5. The van der Waals surface area contributed by atoms with E-state index in [9.17, 15) is 4.79 Å². The van der Waals surface area contributed by atoms with Crippen molar-refractivity contribution in [2.75, 3.05) is 49.1 Å². The van der Waals surface area contributed by atoms with Gasteiger partial charge in [-0.25, -0.2) is 0 Å². The molecule has 0 aromatic heterocycles. The minimum absolute atomic E-state index is 0.169. The summed E-state index contributed by atoms with van der Waals surface area (Å²) in [7, 11) is 0. The van der Waals surface area contributed by atoms with Gasteiger partial charge in [0.1, 0.15) is 0 Å². The Kier molecular flexibility index (Phi) is 7.51. The smallest absolute Gasteiger partial charge is 0.223 e. The summed E-state index contributed by atoms with van der Waals surface area (Å²) in [6.07, 6.45) is 5.77. The Labute approximate surface area is 194 Å². The third kappa shape index (κ3) is 5.72. The number of rotatable bonds is 9. The second kappa shape index (κ2) is 10.5. The van der Waals surface area contributed by atoms with Gasteiger partial charge in [0.2, 0.25) is 5.91 Å². The predicted octanol–water partition coefficient (Wildman–Crippen LogP) is 5.39. The van der Waals surface area contributed by atoms with E-state index < -0.39 is 0 Å². The summed E-state index contributed by atoms with van der Waals surface area (Å²) < 4.78 is 0. The van der Waals surface area contributed by atoms with Gasteiger partial charge in [0, 0.05) is 51.0 Å². The second-order valence-electron chi connectivity index (χ2n) is 9.56. The van der Waals surface area contributed by atoms with Crippen LogP contribution in [0.4, 0.5) is 11.4 Å². The van der Waals surface area contributed by atoms with E-state index in [1.54, 1.807) is 6.92 Å². The highest BCUT2D eigenvalue weighted by Crippen LogP contribution is 2.45. The summed E-state index contributed by atoms with van der Waals surface area (Å²) in [6.45, 7) is 12.4. The van der Waals surface area contributed by atoms with E-state index in [2.05, 4.69) is 66.1 Å². The molecule has 1 saturated carbocycles. The minimum Gasteiger partial charge on any atom is -0.369 e. The zero-order valence-electron chi connectivity index (χ0n) is 20.1. The van der Waals surface area contributed by atoms with Gasteiger partial charge in [0.25, 0.3) is 0 Å². The quantitative estimate of drug-likeness (QED) is 0.496.